The summed E-state index contributed by atoms with van der Waals surface area (Å²) in [5, 5.41) is 13.9. The van der Waals surface area contributed by atoms with Crippen LogP contribution in [0.4, 0.5) is 4.39 Å². The lowest BCUT2D eigenvalue weighted by Crippen LogP contribution is -2.34. The number of benzene rings is 3. The first kappa shape index (κ1) is 26.0. The van der Waals surface area contributed by atoms with Crippen molar-refractivity contribution in [3.8, 4) is 11.8 Å². The van der Waals surface area contributed by atoms with Crippen LogP contribution >= 0.6 is 0 Å². The number of nitrogens with zero attached hydrogens (tertiary/aromatic N) is 5. The van der Waals surface area contributed by atoms with Crippen molar-refractivity contribution in [2.24, 2.45) is 0 Å². The molecule has 0 spiro atoms. The Hall–Kier alpha value is -4.28. The molecule has 0 saturated carbocycles. The fourth-order valence-corrected chi connectivity index (χ4v) is 6.18. The molecule has 1 amide bonds. The Morgan fingerprint density at radius 1 is 0.925 bits per heavy atom. The molecule has 2 saturated heterocycles. The van der Waals surface area contributed by atoms with Crippen molar-refractivity contribution in [1.82, 2.24) is 19.6 Å². The molecule has 6 rings (SSSR count). The van der Waals surface area contributed by atoms with Gasteiger partial charge in [-0.05, 0) is 79.9 Å². The average Bonchev–Trinajstić information content (AvgIpc) is 3.67. The highest BCUT2D eigenvalue weighted by Crippen LogP contribution is 2.35. The molecule has 2 fully saturated rings. The van der Waals surface area contributed by atoms with E-state index in [4.69, 9.17) is 0 Å². The van der Waals surface area contributed by atoms with E-state index in [-0.39, 0.29) is 17.6 Å². The van der Waals surface area contributed by atoms with Crippen LogP contribution in [-0.4, -0.2) is 51.7 Å². The summed E-state index contributed by atoms with van der Waals surface area (Å²) in [6.45, 7) is 3.97. The number of amides is 1. The molecule has 202 valence electrons. The number of piperidine rings is 1. The zero-order valence-electron chi connectivity index (χ0n) is 22.4. The SMILES string of the molecule is N#Cc1cccc(CN2CCC(c3c(C(=O)N4CC[C@H](c5ccccc5)C4)cnn3-c3ccc(F)cc3)CC2)c1. The Labute approximate surface area is 234 Å². The van der Waals surface area contributed by atoms with Crippen LogP contribution in [0.15, 0.2) is 85.1 Å². The maximum Gasteiger partial charge on any atom is 0.257 e. The van der Waals surface area contributed by atoms with Gasteiger partial charge in [0, 0.05) is 31.5 Å². The van der Waals surface area contributed by atoms with Crippen molar-refractivity contribution in [2.75, 3.05) is 26.2 Å². The smallest absolute Gasteiger partial charge is 0.257 e. The second kappa shape index (κ2) is 11.4. The Morgan fingerprint density at radius 3 is 2.42 bits per heavy atom. The first-order chi connectivity index (χ1) is 19.6. The summed E-state index contributed by atoms with van der Waals surface area (Å²) in [5.74, 6) is 0.216. The predicted octanol–water partition coefficient (Wildman–Crippen LogP) is 5.89. The molecule has 4 aromatic rings. The van der Waals surface area contributed by atoms with Gasteiger partial charge in [-0.25, -0.2) is 9.07 Å². The molecule has 2 aliphatic rings. The minimum absolute atomic E-state index is 0.0255. The van der Waals surface area contributed by atoms with Gasteiger partial charge >= 0.3 is 0 Å². The fraction of sp³-hybridized carbons (Fsp3) is 0.303. The van der Waals surface area contributed by atoms with Gasteiger partial charge in [0.05, 0.1) is 34.8 Å². The van der Waals surface area contributed by atoms with Crippen LogP contribution in [0.25, 0.3) is 5.69 Å². The second-order valence-electron chi connectivity index (χ2n) is 10.8. The van der Waals surface area contributed by atoms with Crippen molar-refractivity contribution in [1.29, 1.82) is 5.26 Å². The van der Waals surface area contributed by atoms with E-state index in [1.54, 1.807) is 18.3 Å². The third kappa shape index (κ3) is 5.41. The van der Waals surface area contributed by atoms with E-state index < -0.39 is 0 Å². The van der Waals surface area contributed by atoms with Gasteiger partial charge in [0.25, 0.3) is 5.91 Å². The van der Waals surface area contributed by atoms with E-state index in [0.717, 1.165) is 62.4 Å². The lowest BCUT2D eigenvalue weighted by atomic mass is 9.90. The molecular formula is C33H32FN5O. The van der Waals surface area contributed by atoms with Gasteiger partial charge in [0.1, 0.15) is 5.82 Å². The van der Waals surface area contributed by atoms with Crippen molar-refractivity contribution in [2.45, 2.75) is 37.6 Å². The first-order valence-corrected chi connectivity index (χ1v) is 14.0. The summed E-state index contributed by atoms with van der Waals surface area (Å²) in [6, 6.07) is 26.7. The minimum atomic E-state index is -0.299. The fourth-order valence-electron chi connectivity index (χ4n) is 6.18. The molecular weight excluding hydrogens is 501 g/mol. The summed E-state index contributed by atoms with van der Waals surface area (Å²) in [7, 11) is 0. The van der Waals surface area contributed by atoms with Crippen LogP contribution in [0.3, 0.4) is 0 Å². The number of carbonyl (C=O) groups is 1. The quantitative estimate of drug-likeness (QED) is 0.310. The van der Waals surface area contributed by atoms with Crippen molar-refractivity contribution >= 4 is 5.91 Å². The van der Waals surface area contributed by atoms with Crippen molar-refractivity contribution in [3.05, 3.63) is 119 Å². The molecule has 6 nitrogen and oxygen atoms in total. The molecule has 2 aliphatic heterocycles. The van der Waals surface area contributed by atoms with Crippen LogP contribution < -0.4 is 0 Å². The maximum absolute atomic E-state index is 13.9. The molecule has 1 aromatic heterocycles. The molecule has 3 aromatic carbocycles. The Kier molecular flexibility index (Phi) is 7.43. The van der Waals surface area contributed by atoms with Gasteiger partial charge in [0.2, 0.25) is 0 Å². The highest BCUT2D eigenvalue weighted by molar-refractivity contribution is 5.95. The van der Waals surface area contributed by atoms with Gasteiger partial charge in [-0.1, -0.05) is 42.5 Å². The van der Waals surface area contributed by atoms with E-state index >= 15 is 0 Å². The molecule has 0 N–H and O–H groups in total. The van der Waals surface area contributed by atoms with Crippen LogP contribution in [0.5, 0.6) is 0 Å². The van der Waals surface area contributed by atoms with Gasteiger partial charge in [-0.3, -0.25) is 9.69 Å². The van der Waals surface area contributed by atoms with Crippen molar-refractivity contribution < 1.29 is 9.18 Å². The normalized spacial score (nSPS) is 18.1. The number of hydrogen-bond acceptors (Lipinski definition) is 4. The first-order valence-electron chi connectivity index (χ1n) is 14.0. The molecule has 3 heterocycles. The summed E-state index contributed by atoms with van der Waals surface area (Å²) < 4.78 is 15.6. The molecule has 40 heavy (non-hydrogen) atoms. The highest BCUT2D eigenvalue weighted by Gasteiger charge is 2.34. The van der Waals surface area contributed by atoms with Crippen LogP contribution in [0.2, 0.25) is 0 Å². The summed E-state index contributed by atoms with van der Waals surface area (Å²) in [4.78, 5) is 18.3. The number of likely N-dealkylation sites (tertiary alicyclic amines) is 2. The van der Waals surface area contributed by atoms with E-state index in [0.29, 0.717) is 23.6 Å². The number of aromatic nitrogens is 2. The van der Waals surface area contributed by atoms with Gasteiger partial charge in [-0.2, -0.15) is 10.4 Å². The van der Waals surface area contributed by atoms with Gasteiger partial charge in [-0.15, -0.1) is 0 Å². The lowest BCUT2D eigenvalue weighted by molar-refractivity contribution is 0.0788. The molecule has 7 heteroatoms. The van der Waals surface area contributed by atoms with E-state index in [2.05, 4.69) is 46.4 Å². The van der Waals surface area contributed by atoms with E-state index in [1.807, 2.05) is 33.8 Å². The molecule has 1 atom stereocenters. The Balaban J connectivity index is 1.23. The Morgan fingerprint density at radius 2 is 1.68 bits per heavy atom. The predicted molar refractivity (Wildman–Crippen MR) is 152 cm³/mol. The summed E-state index contributed by atoms with van der Waals surface area (Å²) >= 11 is 0. The molecule has 0 bridgehead atoms. The summed E-state index contributed by atoms with van der Waals surface area (Å²) in [6.07, 6.45) is 4.43. The maximum atomic E-state index is 13.9. The van der Waals surface area contributed by atoms with E-state index in [9.17, 15) is 14.4 Å². The average molecular weight is 534 g/mol. The third-order valence-electron chi connectivity index (χ3n) is 8.29. The van der Waals surface area contributed by atoms with Crippen molar-refractivity contribution in [3.63, 3.8) is 0 Å². The molecule has 0 unspecified atom stereocenters. The zero-order chi connectivity index (χ0) is 27.5. The number of rotatable bonds is 6. The number of halogens is 1. The molecule has 0 aliphatic carbocycles. The van der Waals surface area contributed by atoms with Crippen LogP contribution in [0.1, 0.15) is 63.8 Å². The largest absolute Gasteiger partial charge is 0.338 e. The number of carbonyl (C=O) groups excluding carboxylic acids is 1. The zero-order valence-corrected chi connectivity index (χ0v) is 22.4. The van der Waals surface area contributed by atoms with Gasteiger partial charge < -0.3 is 4.90 Å². The standard InChI is InChI=1S/C33H32FN5O/c34-29-9-11-30(12-10-29)39-32(27-13-16-37(17-14-27)22-25-6-4-5-24(19-25)20-35)31(21-36-39)33(40)38-18-15-28(23-38)26-7-2-1-3-8-26/h1-12,19,21,27-28H,13-18,22-23H2/t28-/m0/s1. The topological polar surface area (TPSA) is 65.2 Å². The van der Waals surface area contributed by atoms with Crippen LogP contribution in [-0.2, 0) is 6.54 Å². The minimum Gasteiger partial charge on any atom is -0.338 e. The van der Waals surface area contributed by atoms with Crippen LogP contribution in [0, 0.1) is 17.1 Å². The highest BCUT2D eigenvalue weighted by atomic mass is 19.1. The van der Waals surface area contributed by atoms with Gasteiger partial charge in [0.15, 0.2) is 0 Å². The second-order valence-corrected chi connectivity index (χ2v) is 10.8. The number of nitriles is 1. The van der Waals surface area contributed by atoms with E-state index in [1.165, 1.54) is 17.7 Å². The Bertz CT molecular complexity index is 1520. The summed E-state index contributed by atoms with van der Waals surface area (Å²) in [5.41, 5.74) is 5.41. The third-order valence-corrected chi connectivity index (χ3v) is 8.29. The lowest BCUT2D eigenvalue weighted by Gasteiger charge is -2.33. The number of hydrogen-bond donors (Lipinski definition) is 0. The molecule has 0 radical (unpaired) electrons. The monoisotopic (exact) mass is 533 g/mol.